The summed E-state index contributed by atoms with van der Waals surface area (Å²) in [7, 11) is 0. The van der Waals surface area contributed by atoms with Crippen LogP contribution in [0, 0.1) is 13.8 Å². The fourth-order valence-electron chi connectivity index (χ4n) is 6.17. The van der Waals surface area contributed by atoms with Crippen molar-refractivity contribution >= 4 is 28.8 Å². The standard InChI is InChI=1S/C37H51NS/c1-12-14-20-37(10,11)28-16-18-31-33(24-28)39-32-23-27(36(8,9)19-13-2)15-17-30(32)38(31)34-25(3)21-29(22-26(34)4)35(5,6)7/h15-18,21-24H,12-14,19-20H2,1-11H3. The van der Waals surface area contributed by atoms with E-state index in [1.54, 1.807) is 0 Å². The Morgan fingerprint density at radius 3 is 1.54 bits per heavy atom. The van der Waals surface area contributed by atoms with Crippen molar-refractivity contribution in [2.24, 2.45) is 0 Å². The Bertz CT molecular complexity index is 1320. The van der Waals surface area contributed by atoms with Crippen LogP contribution in [-0.2, 0) is 16.2 Å². The molecule has 0 saturated carbocycles. The molecule has 39 heavy (non-hydrogen) atoms. The first kappa shape index (κ1) is 29.8. The predicted molar refractivity (Wildman–Crippen MR) is 174 cm³/mol. The molecule has 0 bridgehead atoms. The molecule has 1 aliphatic heterocycles. The number of aryl methyl sites for hydroxylation is 2. The number of benzene rings is 3. The van der Waals surface area contributed by atoms with Gasteiger partial charge in [0.15, 0.2) is 0 Å². The number of rotatable bonds is 8. The van der Waals surface area contributed by atoms with Gasteiger partial charge in [-0.15, -0.1) is 0 Å². The van der Waals surface area contributed by atoms with Gasteiger partial charge in [0, 0.05) is 9.79 Å². The van der Waals surface area contributed by atoms with Crippen LogP contribution in [0.3, 0.4) is 0 Å². The lowest BCUT2D eigenvalue weighted by Gasteiger charge is -2.37. The minimum atomic E-state index is 0.125. The second-order valence-electron chi connectivity index (χ2n) is 14.1. The Balaban J connectivity index is 1.93. The molecule has 210 valence electrons. The first-order valence-electron chi connectivity index (χ1n) is 15.1. The van der Waals surface area contributed by atoms with Crippen molar-refractivity contribution in [2.45, 2.75) is 134 Å². The molecule has 2 heteroatoms. The molecular formula is C37H51NS. The van der Waals surface area contributed by atoms with E-state index in [-0.39, 0.29) is 16.2 Å². The number of anilines is 3. The summed E-state index contributed by atoms with van der Waals surface area (Å²) >= 11 is 1.96. The van der Waals surface area contributed by atoms with Crippen molar-refractivity contribution in [3.05, 3.63) is 76.3 Å². The van der Waals surface area contributed by atoms with Crippen molar-refractivity contribution in [3.8, 4) is 0 Å². The summed E-state index contributed by atoms with van der Waals surface area (Å²) in [4.78, 5) is 5.29. The van der Waals surface area contributed by atoms with Crippen molar-refractivity contribution in [2.75, 3.05) is 4.90 Å². The molecule has 1 nitrogen and oxygen atoms in total. The van der Waals surface area contributed by atoms with E-state index in [0.29, 0.717) is 0 Å². The van der Waals surface area contributed by atoms with Gasteiger partial charge in [0.2, 0.25) is 0 Å². The Labute approximate surface area is 243 Å². The van der Waals surface area contributed by atoms with Crippen LogP contribution in [0.4, 0.5) is 17.1 Å². The van der Waals surface area contributed by atoms with Crippen molar-refractivity contribution in [3.63, 3.8) is 0 Å². The molecule has 0 radical (unpaired) electrons. The summed E-state index contributed by atoms with van der Waals surface area (Å²) in [5.74, 6) is 0. The molecule has 0 aromatic heterocycles. The van der Waals surface area contributed by atoms with Gasteiger partial charge in [0.1, 0.15) is 0 Å². The first-order chi connectivity index (χ1) is 18.2. The third kappa shape index (κ3) is 5.97. The highest BCUT2D eigenvalue weighted by atomic mass is 32.2. The second kappa shape index (κ2) is 11.0. The second-order valence-corrected chi connectivity index (χ2v) is 15.2. The number of fused-ring (bicyclic) bond motifs is 2. The van der Waals surface area contributed by atoms with E-state index >= 15 is 0 Å². The summed E-state index contributed by atoms with van der Waals surface area (Å²) in [6.07, 6.45) is 6.11. The maximum Gasteiger partial charge on any atom is 0.0602 e. The van der Waals surface area contributed by atoms with Gasteiger partial charge in [-0.1, -0.05) is 118 Å². The van der Waals surface area contributed by atoms with E-state index in [1.165, 1.54) is 86.8 Å². The molecule has 0 N–H and O–H groups in total. The maximum atomic E-state index is 2.55. The minimum Gasteiger partial charge on any atom is -0.308 e. The number of hydrogen-bond donors (Lipinski definition) is 0. The monoisotopic (exact) mass is 541 g/mol. The molecule has 0 atom stereocenters. The molecule has 0 aliphatic carbocycles. The Hall–Kier alpha value is -2.19. The molecular weight excluding hydrogens is 490 g/mol. The summed E-state index contributed by atoms with van der Waals surface area (Å²) < 4.78 is 0. The van der Waals surface area contributed by atoms with Gasteiger partial charge in [0.05, 0.1) is 17.1 Å². The van der Waals surface area contributed by atoms with Crippen molar-refractivity contribution in [1.82, 2.24) is 0 Å². The van der Waals surface area contributed by atoms with Gasteiger partial charge in [-0.05, 0) is 95.0 Å². The van der Waals surface area contributed by atoms with Crippen LogP contribution in [-0.4, -0.2) is 0 Å². The highest BCUT2D eigenvalue weighted by Crippen LogP contribution is 2.54. The molecule has 0 amide bonds. The SMILES string of the molecule is CCCCC(C)(C)c1ccc2c(c1)Sc1cc(C(C)(C)CCC)ccc1N2c1c(C)cc(C(C)(C)C)cc1C. The fraction of sp³-hybridized carbons (Fsp3) is 0.514. The number of unbranched alkanes of at least 4 members (excludes halogenated alkanes) is 1. The molecule has 0 spiro atoms. The van der Waals surface area contributed by atoms with Gasteiger partial charge < -0.3 is 4.90 Å². The maximum absolute atomic E-state index is 2.55. The summed E-state index contributed by atoms with van der Waals surface area (Å²) in [6.45, 7) is 25.7. The summed E-state index contributed by atoms with van der Waals surface area (Å²) in [6, 6.07) is 19.3. The smallest absolute Gasteiger partial charge is 0.0602 e. The lowest BCUT2D eigenvalue weighted by Crippen LogP contribution is -2.22. The molecule has 0 saturated heterocycles. The largest absolute Gasteiger partial charge is 0.308 e. The van der Waals surface area contributed by atoms with Crippen LogP contribution >= 0.6 is 11.8 Å². The molecule has 4 rings (SSSR count). The normalized spacial score (nSPS) is 13.9. The number of hydrogen-bond acceptors (Lipinski definition) is 2. The molecule has 0 unspecified atom stereocenters. The van der Waals surface area contributed by atoms with Gasteiger partial charge in [-0.2, -0.15) is 0 Å². The van der Waals surface area contributed by atoms with Crippen LogP contribution in [0.25, 0.3) is 0 Å². The van der Waals surface area contributed by atoms with E-state index in [4.69, 9.17) is 0 Å². The van der Waals surface area contributed by atoms with Gasteiger partial charge in [-0.25, -0.2) is 0 Å². The van der Waals surface area contributed by atoms with E-state index < -0.39 is 0 Å². The molecule has 0 fully saturated rings. The van der Waals surface area contributed by atoms with Crippen LogP contribution < -0.4 is 4.90 Å². The quantitative estimate of drug-likeness (QED) is 0.218. The van der Waals surface area contributed by atoms with Crippen molar-refractivity contribution < 1.29 is 0 Å². The Morgan fingerprint density at radius 1 is 0.615 bits per heavy atom. The molecule has 1 heterocycles. The molecule has 3 aromatic carbocycles. The zero-order chi connectivity index (χ0) is 28.8. The van der Waals surface area contributed by atoms with Crippen LogP contribution in [0.5, 0.6) is 0 Å². The average molecular weight is 542 g/mol. The summed E-state index contributed by atoms with van der Waals surface area (Å²) in [5, 5.41) is 0. The minimum absolute atomic E-state index is 0.125. The van der Waals surface area contributed by atoms with E-state index in [2.05, 4.69) is 130 Å². The van der Waals surface area contributed by atoms with Gasteiger partial charge >= 0.3 is 0 Å². The van der Waals surface area contributed by atoms with Crippen molar-refractivity contribution in [1.29, 1.82) is 0 Å². The highest BCUT2D eigenvalue weighted by molar-refractivity contribution is 7.99. The lowest BCUT2D eigenvalue weighted by atomic mass is 9.80. The van der Waals surface area contributed by atoms with E-state index in [0.717, 1.165) is 0 Å². The van der Waals surface area contributed by atoms with E-state index in [1.807, 2.05) is 11.8 Å². The molecule has 3 aromatic rings. The predicted octanol–water partition coefficient (Wildman–Crippen LogP) is 12.1. The van der Waals surface area contributed by atoms with Gasteiger partial charge in [0.25, 0.3) is 0 Å². The highest BCUT2D eigenvalue weighted by Gasteiger charge is 2.31. The van der Waals surface area contributed by atoms with Crippen LogP contribution in [0.2, 0.25) is 0 Å². The van der Waals surface area contributed by atoms with E-state index in [9.17, 15) is 0 Å². The van der Waals surface area contributed by atoms with Crippen LogP contribution in [0.15, 0.2) is 58.3 Å². The zero-order valence-electron chi connectivity index (χ0n) is 26.5. The Morgan fingerprint density at radius 2 is 1.10 bits per heavy atom. The first-order valence-corrected chi connectivity index (χ1v) is 15.9. The molecule has 1 aliphatic rings. The number of nitrogens with zero attached hydrogens (tertiary/aromatic N) is 1. The third-order valence-corrected chi connectivity index (χ3v) is 9.89. The zero-order valence-corrected chi connectivity index (χ0v) is 27.3. The summed E-state index contributed by atoms with van der Waals surface area (Å²) in [5.41, 5.74) is 11.4. The van der Waals surface area contributed by atoms with Crippen LogP contribution in [0.1, 0.15) is 122 Å². The topological polar surface area (TPSA) is 3.24 Å². The lowest BCUT2D eigenvalue weighted by molar-refractivity contribution is 0.457. The average Bonchev–Trinajstić information content (AvgIpc) is 2.85. The Kier molecular flexibility index (Phi) is 8.40. The fourth-order valence-corrected chi connectivity index (χ4v) is 7.30. The van der Waals surface area contributed by atoms with Gasteiger partial charge in [-0.3, -0.25) is 0 Å². The third-order valence-electron chi connectivity index (χ3n) is 8.80.